The molecule has 1 aromatic carbocycles. The number of hydrogen-bond donors (Lipinski definition) is 1. The maximum atomic E-state index is 12.1. The molecule has 1 fully saturated rings. The summed E-state index contributed by atoms with van der Waals surface area (Å²) in [5.41, 5.74) is 1.08. The molecular weight excluding hydrogens is 302 g/mol. The lowest BCUT2D eigenvalue weighted by Gasteiger charge is -2.40. The lowest BCUT2D eigenvalue weighted by Crippen LogP contribution is -2.56. The molecule has 2 aliphatic rings. The molecule has 0 radical (unpaired) electrons. The number of nitrogens with one attached hydrogen (secondary N) is 1. The molecule has 1 aliphatic carbocycles. The molecule has 1 saturated carbocycles. The van der Waals surface area contributed by atoms with E-state index in [4.69, 9.17) is 9.47 Å². The van der Waals surface area contributed by atoms with Gasteiger partial charge in [0.2, 0.25) is 0 Å². The number of ether oxygens (including phenoxy) is 2. The van der Waals surface area contributed by atoms with E-state index >= 15 is 0 Å². The maximum Gasteiger partial charge on any atom is 0.310 e. The highest BCUT2D eigenvalue weighted by atomic mass is 16.5. The smallest absolute Gasteiger partial charge is 0.310 e. The van der Waals surface area contributed by atoms with Crippen LogP contribution in [0.25, 0.3) is 0 Å². The first-order chi connectivity index (χ1) is 11.7. The number of carbonyl (C=O) groups excluding carboxylic acids is 1. The standard InChI is InChI=1S/C20H27NO3/c1-23-19(22)18-10-6-13-20(18)12-5-9-17(21-20)11-14-24-15-16-7-3-2-4-8-16/h2-5,7-9,17-18,21H,6,10-15H2,1H3/t17-,18?,20?/m1/s1. The van der Waals surface area contributed by atoms with Gasteiger partial charge in [0, 0.05) is 18.2 Å². The van der Waals surface area contributed by atoms with E-state index in [1.165, 1.54) is 12.7 Å². The Labute approximate surface area is 144 Å². The fraction of sp³-hybridized carbons (Fsp3) is 0.550. The summed E-state index contributed by atoms with van der Waals surface area (Å²) in [6.45, 7) is 1.35. The van der Waals surface area contributed by atoms with Crippen LogP contribution in [-0.4, -0.2) is 31.3 Å². The topological polar surface area (TPSA) is 47.6 Å². The summed E-state index contributed by atoms with van der Waals surface area (Å²) in [7, 11) is 1.49. The predicted molar refractivity (Wildman–Crippen MR) is 93.5 cm³/mol. The number of rotatable bonds is 6. The molecule has 0 saturated heterocycles. The monoisotopic (exact) mass is 329 g/mol. The van der Waals surface area contributed by atoms with Gasteiger partial charge in [0.1, 0.15) is 0 Å². The van der Waals surface area contributed by atoms with E-state index < -0.39 is 0 Å². The summed E-state index contributed by atoms with van der Waals surface area (Å²) in [6, 6.07) is 10.5. The highest BCUT2D eigenvalue weighted by Crippen LogP contribution is 2.41. The Balaban J connectivity index is 1.50. The highest BCUT2D eigenvalue weighted by Gasteiger charge is 2.48. The van der Waals surface area contributed by atoms with Gasteiger partial charge in [-0.1, -0.05) is 48.9 Å². The van der Waals surface area contributed by atoms with Crippen LogP contribution in [0.15, 0.2) is 42.5 Å². The molecule has 3 atom stereocenters. The number of benzene rings is 1. The molecule has 1 heterocycles. The van der Waals surface area contributed by atoms with E-state index in [1.54, 1.807) is 0 Å². The van der Waals surface area contributed by atoms with Gasteiger partial charge in [-0.2, -0.15) is 0 Å². The molecule has 0 aromatic heterocycles. The Morgan fingerprint density at radius 3 is 2.96 bits per heavy atom. The van der Waals surface area contributed by atoms with E-state index in [0.717, 1.165) is 32.1 Å². The zero-order valence-electron chi connectivity index (χ0n) is 14.4. The molecule has 1 N–H and O–H groups in total. The molecule has 3 rings (SSSR count). The first-order valence-corrected chi connectivity index (χ1v) is 8.87. The normalized spacial score (nSPS) is 29.0. The second-order valence-corrected chi connectivity index (χ2v) is 6.83. The van der Waals surface area contributed by atoms with Crippen LogP contribution >= 0.6 is 0 Å². The summed E-state index contributed by atoms with van der Waals surface area (Å²) in [5.74, 6) is -0.102. The number of esters is 1. The van der Waals surface area contributed by atoms with Crippen molar-refractivity contribution < 1.29 is 14.3 Å². The van der Waals surface area contributed by atoms with Gasteiger partial charge in [0.25, 0.3) is 0 Å². The van der Waals surface area contributed by atoms with E-state index in [9.17, 15) is 4.79 Å². The molecule has 24 heavy (non-hydrogen) atoms. The number of hydrogen-bond acceptors (Lipinski definition) is 4. The van der Waals surface area contributed by atoms with Gasteiger partial charge in [0.05, 0.1) is 19.6 Å². The van der Waals surface area contributed by atoms with Crippen LogP contribution in [0.4, 0.5) is 0 Å². The van der Waals surface area contributed by atoms with Crippen molar-refractivity contribution in [1.29, 1.82) is 0 Å². The van der Waals surface area contributed by atoms with Crippen molar-refractivity contribution in [2.45, 2.75) is 50.3 Å². The van der Waals surface area contributed by atoms with Crippen molar-refractivity contribution in [3.8, 4) is 0 Å². The number of methoxy groups -OCH3 is 1. The van der Waals surface area contributed by atoms with E-state index in [0.29, 0.717) is 13.2 Å². The third-order valence-electron chi connectivity index (χ3n) is 5.28. The minimum Gasteiger partial charge on any atom is -0.469 e. The lowest BCUT2D eigenvalue weighted by molar-refractivity contribution is -0.147. The Bertz CT molecular complexity index is 572. The molecule has 4 heteroatoms. The maximum absolute atomic E-state index is 12.1. The molecule has 1 spiro atoms. The largest absolute Gasteiger partial charge is 0.469 e. The average molecular weight is 329 g/mol. The van der Waals surface area contributed by atoms with Crippen LogP contribution in [0.3, 0.4) is 0 Å². The average Bonchev–Trinajstić information content (AvgIpc) is 3.01. The molecule has 2 unspecified atom stereocenters. The Kier molecular flexibility index (Phi) is 5.69. The van der Waals surface area contributed by atoms with Crippen molar-refractivity contribution in [1.82, 2.24) is 5.32 Å². The second kappa shape index (κ2) is 7.95. The summed E-state index contributed by atoms with van der Waals surface area (Å²) < 4.78 is 10.8. The van der Waals surface area contributed by atoms with Gasteiger partial charge in [-0.25, -0.2) is 0 Å². The van der Waals surface area contributed by atoms with Gasteiger partial charge in [-0.3, -0.25) is 4.79 Å². The van der Waals surface area contributed by atoms with Crippen LogP contribution in [0.1, 0.15) is 37.7 Å². The first kappa shape index (κ1) is 17.2. The third-order valence-corrected chi connectivity index (χ3v) is 5.28. The van der Waals surface area contributed by atoms with Crippen LogP contribution in [0.5, 0.6) is 0 Å². The Hall–Kier alpha value is -1.65. The SMILES string of the molecule is COC(=O)C1CCCC12CC=C[C@H](CCOCc1ccccc1)N2. The zero-order valence-corrected chi connectivity index (χ0v) is 14.4. The van der Waals surface area contributed by atoms with Crippen molar-refractivity contribution in [2.75, 3.05) is 13.7 Å². The molecule has 0 amide bonds. The third kappa shape index (κ3) is 3.87. The minimum absolute atomic E-state index is 0.0276. The second-order valence-electron chi connectivity index (χ2n) is 6.83. The molecule has 1 aliphatic heterocycles. The van der Waals surface area contributed by atoms with E-state index in [-0.39, 0.29) is 23.5 Å². The summed E-state index contributed by atoms with van der Waals surface area (Å²) >= 11 is 0. The molecule has 4 nitrogen and oxygen atoms in total. The summed E-state index contributed by atoms with van der Waals surface area (Å²) in [5, 5.41) is 3.73. The summed E-state index contributed by atoms with van der Waals surface area (Å²) in [6.07, 6.45) is 9.30. The predicted octanol–water partition coefficient (Wildman–Crippen LogP) is 3.22. The van der Waals surface area contributed by atoms with Crippen molar-refractivity contribution in [2.24, 2.45) is 5.92 Å². The molecule has 130 valence electrons. The molecular formula is C20H27NO3. The van der Waals surface area contributed by atoms with Gasteiger partial charge < -0.3 is 14.8 Å². The Morgan fingerprint density at radius 1 is 1.33 bits per heavy atom. The van der Waals surface area contributed by atoms with Gasteiger partial charge in [-0.15, -0.1) is 0 Å². The van der Waals surface area contributed by atoms with E-state index in [2.05, 4.69) is 29.6 Å². The van der Waals surface area contributed by atoms with E-state index in [1.807, 2.05) is 18.2 Å². The van der Waals surface area contributed by atoms with Crippen molar-refractivity contribution >= 4 is 5.97 Å². The minimum atomic E-state index is -0.119. The number of carbonyl (C=O) groups is 1. The molecule has 1 aromatic rings. The lowest BCUT2D eigenvalue weighted by atomic mass is 9.80. The van der Waals surface area contributed by atoms with Gasteiger partial charge in [-0.05, 0) is 31.2 Å². The van der Waals surface area contributed by atoms with Crippen LogP contribution < -0.4 is 5.32 Å². The first-order valence-electron chi connectivity index (χ1n) is 8.87. The fourth-order valence-electron chi connectivity index (χ4n) is 4.04. The van der Waals surface area contributed by atoms with Gasteiger partial charge >= 0.3 is 5.97 Å². The van der Waals surface area contributed by atoms with Crippen LogP contribution in [-0.2, 0) is 20.9 Å². The quantitative estimate of drug-likeness (QED) is 0.494. The molecule has 0 bridgehead atoms. The van der Waals surface area contributed by atoms with Crippen molar-refractivity contribution in [3.63, 3.8) is 0 Å². The van der Waals surface area contributed by atoms with Crippen molar-refractivity contribution in [3.05, 3.63) is 48.0 Å². The van der Waals surface area contributed by atoms with Gasteiger partial charge in [0.15, 0.2) is 0 Å². The highest BCUT2D eigenvalue weighted by molar-refractivity contribution is 5.74. The summed E-state index contributed by atoms with van der Waals surface area (Å²) in [4.78, 5) is 12.1. The zero-order chi connectivity index (χ0) is 16.8. The van der Waals surface area contributed by atoms with Crippen LogP contribution in [0.2, 0.25) is 0 Å². The Morgan fingerprint density at radius 2 is 2.17 bits per heavy atom. The van der Waals surface area contributed by atoms with Crippen LogP contribution in [0, 0.1) is 5.92 Å². The fourth-order valence-corrected chi connectivity index (χ4v) is 4.04.